The SMILES string of the molecule is O=C(O)C(NCC(O)c1ccccc1)C1CC1. The Morgan fingerprint density at radius 3 is 2.53 bits per heavy atom. The van der Waals surface area contributed by atoms with Crippen LogP contribution < -0.4 is 5.32 Å². The molecule has 0 aliphatic heterocycles. The lowest BCUT2D eigenvalue weighted by Crippen LogP contribution is -2.40. The standard InChI is InChI=1S/C13H17NO3/c15-11(9-4-2-1-3-5-9)8-14-12(13(16)17)10-6-7-10/h1-5,10-12,14-15H,6-8H2,(H,16,17). The molecule has 1 aromatic carbocycles. The summed E-state index contributed by atoms with van der Waals surface area (Å²) in [6, 6.07) is 8.74. The van der Waals surface area contributed by atoms with Gasteiger partial charge in [0.1, 0.15) is 6.04 Å². The first-order chi connectivity index (χ1) is 8.18. The summed E-state index contributed by atoms with van der Waals surface area (Å²) in [7, 11) is 0. The van der Waals surface area contributed by atoms with Gasteiger partial charge in [-0.05, 0) is 24.3 Å². The fourth-order valence-corrected chi connectivity index (χ4v) is 1.92. The van der Waals surface area contributed by atoms with E-state index in [-0.39, 0.29) is 12.5 Å². The van der Waals surface area contributed by atoms with Crippen molar-refractivity contribution in [3.63, 3.8) is 0 Å². The van der Waals surface area contributed by atoms with Gasteiger partial charge in [0.25, 0.3) is 0 Å². The van der Waals surface area contributed by atoms with Crippen molar-refractivity contribution in [3.05, 3.63) is 35.9 Å². The molecule has 1 aliphatic carbocycles. The predicted molar refractivity (Wildman–Crippen MR) is 63.6 cm³/mol. The number of aliphatic hydroxyl groups excluding tert-OH is 1. The van der Waals surface area contributed by atoms with Gasteiger partial charge in [0.2, 0.25) is 0 Å². The van der Waals surface area contributed by atoms with Crippen molar-refractivity contribution in [1.82, 2.24) is 5.32 Å². The molecule has 4 heteroatoms. The normalized spacial score (nSPS) is 18.6. The van der Waals surface area contributed by atoms with Crippen molar-refractivity contribution < 1.29 is 15.0 Å². The third kappa shape index (κ3) is 3.28. The van der Waals surface area contributed by atoms with Crippen molar-refractivity contribution in [2.45, 2.75) is 25.0 Å². The zero-order chi connectivity index (χ0) is 12.3. The Labute approximate surface area is 100 Å². The molecular weight excluding hydrogens is 218 g/mol. The van der Waals surface area contributed by atoms with Gasteiger partial charge in [0.05, 0.1) is 6.10 Å². The van der Waals surface area contributed by atoms with Gasteiger partial charge in [-0.15, -0.1) is 0 Å². The van der Waals surface area contributed by atoms with Crippen LogP contribution in [0.2, 0.25) is 0 Å². The highest BCUT2D eigenvalue weighted by atomic mass is 16.4. The van der Waals surface area contributed by atoms with Crippen LogP contribution in [-0.2, 0) is 4.79 Å². The highest BCUT2D eigenvalue weighted by molar-refractivity contribution is 5.74. The number of carboxylic acids is 1. The highest BCUT2D eigenvalue weighted by Crippen LogP contribution is 2.32. The van der Waals surface area contributed by atoms with Crippen LogP contribution in [0.3, 0.4) is 0 Å². The van der Waals surface area contributed by atoms with E-state index in [1.54, 1.807) is 0 Å². The van der Waals surface area contributed by atoms with E-state index in [1.165, 1.54) is 0 Å². The van der Waals surface area contributed by atoms with E-state index in [0.29, 0.717) is 0 Å². The molecule has 0 amide bonds. The summed E-state index contributed by atoms with van der Waals surface area (Å²) < 4.78 is 0. The Kier molecular flexibility index (Phi) is 3.76. The van der Waals surface area contributed by atoms with E-state index in [9.17, 15) is 9.90 Å². The lowest BCUT2D eigenvalue weighted by atomic mass is 10.1. The number of carbonyl (C=O) groups is 1. The molecule has 1 aromatic rings. The smallest absolute Gasteiger partial charge is 0.320 e. The largest absolute Gasteiger partial charge is 0.480 e. The third-order valence-corrected chi connectivity index (χ3v) is 3.07. The number of carboxylic acid groups (broad SMARTS) is 1. The van der Waals surface area contributed by atoms with Crippen LogP contribution in [0.4, 0.5) is 0 Å². The summed E-state index contributed by atoms with van der Waals surface area (Å²) in [5.41, 5.74) is 0.805. The quantitative estimate of drug-likeness (QED) is 0.692. The number of aliphatic hydroxyl groups is 1. The van der Waals surface area contributed by atoms with Crippen LogP contribution in [0.1, 0.15) is 24.5 Å². The lowest BCUT2D eigenvalue weighted by molar-refractivity contribution is -0.140. The molecule has 1 aliphatic rings. The minimum atomic E-state index is -0.826. The molecule has 0 aromatic heterocycles. The third-order valence-electron chi connectivity index (χ3n) is 3.07. The van der Waals surface area contributed by atoms with Crippen molar-refractivity contribution in [2.24, 2.45) is 5.92 Å². The molecule has 3 N–H and O–H groups in total. The maximum Gasteiger partial charge on any atom is 0.320 e. The lowest BCUT2D eigenvalue weighted by Gasteiger charge is -2.17. The first-order valence-electron chi connectivity index (χ1n) is 5.87. The summed E-state index contributed by atoms with van der Waals surface area (Å²) in [4.78, 5) is 11.0. The summed E-state index contributed by atoms with van der Waals surface area (Å²) in [5.74, 6) is -0.594. The zero-order valence-electron chi connectivity index (χ0n) is 9.54. The van der Waals surface area contributed by atoms with Gasteiger partial charge in [-0.3, -0.25) is 4.79 Å². The molecule has 17 heavy (non-hydrogen) atoms. The molecule has 4 nitrogen and oxygen atoms in total. The van der Waals surface area contributed by atoms with Gasteiger partial charge >= 0.3 is 5.97 Å². The molecule has 2 atom stereocenters. The number of hydrogen-bond donors (Lipinski definition) is 3. The van der Waals surface area contributed by atoms with Gasteiger partial charge in [0, 0.05) is 6.54 Å². The summed E-state index contributed by atoms with van der Waals surface area (Å²) in [6.07, 6.45) is 1.27. The molecule has 2 rings (SSSR count). The van der Waals surface area contributed by atoms with Crippen molar-refractivity contribution in [3.8, 4) is 0 Å². The van der Waals surface area contributed by atoms with Gasteiger partial charge in [-0.25, -0.2) is 0 Å². The summed E-state index contributed by atoms with van der Waals surface area (Å²) >= 11 is 0. The number of nitrogens with one attached hydrogen (secondary N) is 1. The first-order valence-corrected chi connectivity index (χ1v) is 5.87. The van der Waals surface area contributed by atoms with E-state index in [1.807, 2.05) is 30.3 Å². The van der Waals surface area contributed by atoms with E-state index in [0.717, 1.165) is 18.4 Å². The Morgan fingerprint density at radius 1 is 1.35 bits per heavy atom. The van der Waals surface area contributed by atoms with Gasteiger partial charge in [-0.2, -0.15) is 0 Å². The van der Waals surface area contributed by atoms with Crippen LogP contribution in [0, 0.1) is 5.92 Å². The second-order valence-corrected chi connectivity index (χ2v) is 4.49. The fraction of sp³-hybridized carbons (Fsp3) is 0.462. The fourth-order valence-electron chi connectivity index (χ4n) is 1.92. The van der Waals surface area contributed by atoms with E-state index in [2.05, 4.69) is 5.32 Å². The molecule has 92 valence electrons. The predicted octanol–water partition coefficient (Wildman–Crippen LogP) is 1.17. The average molecular weight is 235 g/mol. The Morgan fingerprint density at radius 2 is 2.00 bits per heavy atom. The molecule has 1 saturated carbocycles. The van der Waals surface area contributed by atoms with E-state index in [4.69, 9.17) is 5.11 Å². The topological polar surface area (TPSA) is 69.6 Å². The molecule has 0 saturated heterocycles. The van der Waals surface area contributed by atoms with E-state index >= 15 is 0 Å². The minimum Gasteiger partial charge on any atom is -0.480 e. The number of aliphatic carboxylic acids is 1. The van der Waals surface area contributed by atoms with Crippen LogP contribution in [0.15, 0.2) is 30.3 Å². The van der Waals surface area contributed by atoms with Crippen LogP contribution in [0.5, 0.6) is 0 Å². The Bertz CT molecular complexity index is 376. The van der Waals surface area contributed by atoms with Crippen molar-refractivity contribution >= 4 is 5.97 Å². The second-order valence-electron chi connectivity index (χ2n) is 4.49. The van der Waals surface area contributed by atoms with Crippen LogP contribution in [-0.4, -0.2) is 28.8 Å². The summed E-state index contributed by atoms with van der Waals surface area (Å²) in [5, 5.41) is 21.9. The maximum atomic E-state index is 11.0. The van der Waals surface area contributed by atoms with E-state index < -0.39 is 18.1 Å². The minimum absolute atomic E-state index is 0.232. The number of rotatable bonds is 6. The van der Waals surface area contributed by atoms with Gasteiger partial charge < -0.3 is 15.5 Å². The molecule has 0 radical (unpaired) electrons. The Hall–Kier alpha value is -1.39. The number of benzene rings is 1. The molecular formula is C13H17NO3. The zero-order valence-corrected chi connectivity index (χ0v) is 9.54. The molecule has 1 fully saturated rings. The van der Waals surface area contributed by atoms with Gasteiger partial charge in [0.15, 0.2) is 0 Å². The second kappa shape index (κ2) is 5.29. The Balaban J connectivity index is 1.86. The molecule has 2 unspecified atom stereocenters. The molecule has 0 heterocycles. The summed E-state index contributed by atoms with van der Waals surface area (Å²) in [6.45, 7) is 0.275. The van der Waals surface area contributed by atoms with Crippen molar-refractivity contribution in [2.75, 3.05) is 6.54 Å². The van der Waals surface area contributed by atoms with Crippen LogP contribution >= 0.6 is 0 Å². The van der Waals surface area contributed by atoms with Gasteiger partial charge in [-0.1, -0.05) is 30.3 Å². The van der Waals surface area contributed by atoms with Crippen LogP contribution in [0.25, 0.3) is 0 Å². The highest BCUT2D eigenvalue weighted by Gasteiger charge is 2.36. The molecule has 0 spiro atoms. The average Bonchev–Trinajstić information content (AvgIpc) is 3.14. The first kappa shape index (κ1) is 12.1. The number of hydrogen-bond acceptors (Lipinski definition) is 3. The molecule has 0 bridgehead atoms. The van der Waals surface area contributed by atoms with Crippen molar-refractivity contribution in [1.29, 1.82) is 0 Å². The monoisotopic (exact) mass is 235 g/mol. The maximum absolute atomic E-state index is 11.0.